The van der Waals surface area contributed by atoms with Crippen molar-refractivity contribution in [3.63, 3.8) is 0 Å². The van der Waals surface area contributed by atoms with E-state index in [2.05, 4.69) is 11.1 Å². The van der Waals surface area contributed by atoms with Gasteiger partial charge in [-0.2, -0.15) is 0 Å². The van der Waals surface area contributed by atoms with Crippen molar-refractivity contribution in [2.75, 3.05) is 21.3 Å². The highest BCUT2D eigenvalue weighted by atomic mass is 19.1. The third-order valence-corrected chi connectivity index (χ3v) is 4.88. The van der Waals surface area contributed by atoms with Gasteiger partial charge in [0.2, 0.25) is 5.75 Å². The lowest BCUT2D eigenvalue weighted by Gasteiger charge is -2.15. The number of hydrogen-bond donors (Lipinski definition) is 0. The first-order chi connectivity index (χ1) is 14.1. The summed E-state index contributed by atoms with van der Waals surface area (Å²) in [5.74, 6) is 1.46. The number of fused-ring (bicyclic) bond motifs is 1. The third kappa shape index (κ3) is 3.47. The fraction of sp³-hybridized carbons (Fsp3) is 0.125. The van der Waals surface area contributed by atoms with E-state index in [4.69, 9.17) is 14.2 Å². The molecule has 3 aromatic carbocycles. The second-order valence-corrected chi connectivity index (χ2v) is 6.52. The zero-order chi connectivity index (χ0) is 20.4. The van der Waals surface area contributed by atoms with Crippen LogP contribution in [0, 0.1) is 5.82 Å². The van der Waals surface area contributed by atoms with Crippen LogP contribution in [-0.2, 0) is 0 Å². The van der Waals surface area contributed by atoms with Gasteiger partial charge in [-0.05, 0) is 65.0 Å². The van der Waals surface area contributed by atoms with Crippen molar-refractivity contribution in [3.05, 3.63) is 72.7 Å². The lowest BCUT2D eigenvalue weighted by atomic mass is 9.98. The van der Waals surface area contributed by atoms with Gasteiger partial charge in [-0.1, -0.05) is 12.1 Å². The molecule has 0 aliphatic carbocycles. The van der Waals surface area contributed by atoms with E-state index in [1.165, 1.54) is 12.1 Å². The van der Waals surface area contributed by atoms with Crippen LogP contribution in [-0.4, -0.2) is 26.3 Å². The van der Waals surface area contributed by atoms with E-state index in [0.717, 1.165) is 33.2 Å². The maximum absolute atomic E-state index is 13.4. The van der Waals surface area contributed by atoms with Gasteiger partial charge in [0, 0.05) is 17.1 Å². The number of hydrogen-bond acceptors (Lipinski definition) is 4. The van der Waals surface area contributed by atoms with Gasteiger partial charge in [0.05, 0.1) is 27.0 Å². The Labute approximate surface area is 168 Å². The molecule has 0 N–H and O–H groups in total. The van der Waals surface area contributed by atoms with Gasteiger partial charge < -0.3 is 14.2 Å². The number of nitrogens with zero attached hydrogens (tertiary/aromatic N) is 1. The molecule has 0 unspecified atom stereocenters. The van der Waals surface area contributed by atoms with Crippen LogP contribution < -0.4 is 14.2 Å². The highest BCUT2D eigenvalue weighted by Gasteiger charge is 2.15. The molecule has 29 heavy (non-hydrogen) atoms. The van der Waals surface area contributed by atoms with E-state index >= 15 is 0 Å². The summed E-state index contributed by atoms with van der Waals surface area (Å²) in [5, 5.41) is 2.03. The van der Waals surface area contributed by atoms with Crippen LogP contribution in [0.1, 0.15) is 0 Å². The molecule has 146 valence electrons. The first-order valence-electron chi connectivity index (χ1n) is 9.09. The summed E-state index contributed by atoms with van der Waals surface area (Å²) in [7, 11) is 4.77. The van der Waals surface area contributed by atoms with E-state index in [0.29, 0.717) is 17.2 Å². The minimum atomic E-state index is -0.271. The molecule has 0 aliphatic heterocycles. The zero-order valence-electron chi connectivity index (χ0n) is 16.4. The van der Waals surface area contributed by atoms with Crippen molar-refractivity contribution in [1.29, 1.82) is 0 Å². The van der Waals surface area contributed by atoms with E-state index in [-0.39, 0.29) is 5.82 Å². The fourth-order valence-corrected chi connectivity index (χ4v) is 3.43. The lowest BCUT2D eigenvalue weighted by Crippen LogP contribution is -1.96. The van der Waals surface area contributed by atoms with Crippen LogP contribution in [0.5, 0.6) is 17.2 Å². The number of benzene rings is 3. The molecular formula is C24H20FNO3. The Kier molecular flexibility index (Phi) is 5.04. The molecule has 5 heteroatoms. The fourth-order valence-electron chi connectivity index (χ4n) is 3.43. The van der Waals surface area contributed by atoms with Crippen molar-refractivity contribution < 1.29 is 18.6 Å². The highest BCUT2D eigenvalue weighted by molar-refractivity contribution is 5.97. The average Bonchev–Trinajstić information content (AvgIpc) is 2.77. The molecule has 0 saturated heterocycles. The van der Waals surface area contributed by atoms with Gasteiger partial charge in [-0.3, -0.25) is 4.98 Å². The molecule has 1 heterocycles. The zero-order valence-corrected chi connectivity index (χ0v) is 16.4. The number of rotatable bonds is 5. The average molecular weight is 389 g/mol. The molecule has 1 aromatic heterocycles. The molecule has 0 radical (unpaired) electrons. The van der Waals surface area contributed by atoms with Gasteiger partial charge in [0.15, 0.2) is 11.5 Å². The number of aromatic nitrogens is 1. The van der Waals surface area contributed by atoms with Gasteiger partial charge >= 0.3 is 0 Å². The lowest BCUT2D eigenvalue weighted by molar-refractivity contribution is 0.324. The van der Waals surface area contributed by atoms with Crippen LogP contribution in [0.15, 0.2) is 66.9 Å². The molecular weight excluding hydrogens is 369 g/mol. The van der Waals surface area contributed by atoms with Crippen LogP contribution in [0.3, 0.4) is 0 Å². The first kappa shape index (κ1) is 18.7. The molecule has 0 amide bonds. The van der Waals surface area contributed by atoms with Crippen molar-refractivity contribution in [3.8, 4) is 39.6 Å². The first-order valence-corrected chi connectivity index (χ1v) is 9.09. The van der Waals surface area contributed by atoms with Gasteiger partial charge in [-0.15, -0.1) is 0 Å². The summed E-state index contributed by atoms with van der Waals surface area (Å²) in [6, 6.07) is 18.3. The quantitative estimate of drug-likeness (QED) is 0.437. The standard InChI is InChI=1S/C24H20FNO3/c1-27-21-13-18(14-22(28-2)24(21)29-3)17-5-4-15-10-11-26-23(20(15)12-17)16-6-8-19(25)9-7-16/h4-14H,1-3H3. The summed E-state index contributed by atoms with van der Waals surface area (Å²) in [4.78, 5) is 4.54. The second-order valence-electron chi connectivity index (χ2n) is 6.52. The second kappa shape index (κ2) is 7.80. The SMILES string of the molecule is COc1cc(-c2ccc3ccnc(-c4ccc(F)cc4)c3c2)cc(OC)c1OC. The molecule has 0 atom stereocenters. The van der Waals surface area contributed by atoms with Crippen LogP contribution in [0.2, 0.25) is 0 Å². The molecule has 0 aliphatic rings. The Morgan fingerprint density at radius 2 is 1.34 bits per heavy atom. The summed E-state index contributed by atoms with van der Waals surface area (Å²) >= 11 is 0. The van der Waals surface area contributed by atoms with Crippen LogP contribution in [0.4, 0.5) is 4.39 Å². The molecule has 4 nitrogen and oxygen atoms in total. The molecule has 0 fully saturated rings. The van der Waals surface area contributed by atoms with Crippen molar-refractivity contribution >= 4 is 10.8 Å². The van der Waals surface area contributed by atoms with Crippen molar-refractivity contribution in [2.45, 2.75) is 0 Å². The monoisotopic (exact) mass is 389 g/mol. The Morgan fingerprint density at radius 3 is 1.97 bits per heavy atom. The summed E-state index contributed by atoms with van der Waals surface area (Å²) in [6.07, 6.45) is 1.76. The number of methoxy groups -OCH3 is 3. The predicted molar refractivity (Wildman–Crippen MR) is 112 cm³/mol. The number of ether oxygens (including phenoxy) is 3. The van der Waals surface area contributed by atoms with Crippen molar-refractivity contribution in [1.82, 2.24) is 4.98 Å². The topological polar surface area (TPSA) is 40.6 Å². The predicted octanol–water partition coefficient (Wildman–Crippen LogP) is 5.73. The van der Waals surface area contributed by atoms with E-state index in [9.17, 15) is 4.39 Å². The molecule has 0 spiro atoms. The highest BCUT2D eigenvalue weighted by Crippen LogP contribution is 2.42. The van der Waals surface area contributed by atoms with Gasteiger partial charge in [-0.25, -0.2) is 4.39 Å². The summed E-state index contributed by atoms with van der Waals surface area (Å²) in [6.45, 7) is 0. The number of halogens is 1. The summed E-state index contributed by atoms with van der Waals surface area (Å²) in [5.41, 5.74) is 3.57. The molecule has 0 saturated carbocycles. The molecule has 4 rings (SSSR count). The van der Waals surface area contributed by atoms with E-state index < -0.39 is 0 Å². The van der Waals surface area contributed by atoms with Gasteiger partial charge in [0.25, 0.3) is 0 Å². The van der Waals surface area contributed by atoms with Crippen LogP contribution in [0.25, 0.3) is 33.2 Å². The van der Waals surface area contributed by atoms with Crippen LogP contribution >= 0.6 is 0 Å². The minimum absolute atomic E-state index is 0.271. The Bertz CT molecular complexity index is 1150. The normalized spacial score (nSPS) is 10.8. The van der Waals surface area contributed by atoms with Crippen molar-refractivity contribution in [2.24, 2.45) is 0 Å². The van der Waals surface area contributed by atoms with E-state index in [1.54, 1.807) is 39.7 Å². The Balaban J connectivity index is 1.90. The molecule has 4 aromatic rings. The largest absolute Gasteiger partial charge is 0.493 e. The van der Waals surface area contributed by atoms with E-state index in [1.807, 2.05) is 30.3 Å². The number of pyridine rings is 1. The van der Waals surface area contributed by atoms with Gasteiger partial charge in [0.1, 0.15) is 5.82 Å². The Hall–Kier alpha value is -3.60. The smallest absolute Gasteiger partial charge is 0.203 e. The maximum Gasteiger partial charge on any atom is 0.203 e. The minimum Gasteiger partial charge on any atom is -0.493 e. The molecule has 0 bridgehead atoms. The third-order valence-electron chi connectivity index (χ3n) is 4.88. The summed E-state index contributed by atoms with van der Waals surface area (Å²) < 4.78 is 29.7. The maximum atomic E-state index is 13.4. The Morgan fingerprint density at radius 1 is 0.690 bits per heavy atom.